The second kappa shape index (κ2) is 26.5. The van der Waals surface area contributed by atoms with E-state index in [0.717, 1.165) is 45.3 Å². The molecule has 0 saturated carbocycles. The SMILES string of the molecule is Cc1ccc(N(C)c2ccc3sc4ccc(C)cc4c3c2)cc1.Cc1ccc2oc3ccc(N(C)c4ccc(C(F)(F)F)cc4)cc3c2c1.Cc1ccc2sc3ccc(N(C)c4ccc(C)c(C)c4)cc3c2c1.Cc1ccc2sc3ccc(N(C)c4ccccc4)cc3c2c1. The largest absolute Gasteiger partial charge is 0.456 e. The molecular formula is C84H73F3N4OS3. The summed E-state index contributed by atoms with van der Waals surface area (Å²) in [7, 11) is 8.23. The Hall–Kier alpha value is -9.91. The van der Waals surface area contributed by atoms with Gasteiger partial charge in [-0.25, -0.2) is 0 Å². The Balaban J connectivity index is 0.000000115. The Morgan fingerprint density at radius 1 is 0.263 bits per heavy atom. The van der Waals surface area contributed by atoms with Crippen LogP contribution in [-0.2, 0) is 6.18 Å². The summed E-state index contributed by atoms with van der Waals surface area (Å²) < 4.78 is 52.2. The van der Waals surface area contributed by atoms with Crippen molar-refractivity contribution in [3.8, 4) is 0 Å². The molecule has 0 aliphatic rings. The van der Waals surface area contributed by atoms with E-state index in [1.807, 2.05) is 83.2 Å². The van der Waals surface area contributed by atoms with Gasteiger partial charge in [0.1, 0.15) is 11.2 Å². The van der Waals surface area contributed by atoms with Gasteiger partial charge in [-0.05, 0) is 242 Å². The molecule has 16 aromatic rings. The zero-order valence-corrected chi connectivity index (χ0v) is 57.6. The molecule has 0 aliphatic heterocycles. The molecule has 5 nitrogen and oxygen atoms in total. The average molecular weight is 1310 g/mol. The van der Waals surface area contributed by atoms with E-state index in [9.17, 15) is 13.2 Å². The predicted octanol–water partition coefficient (Wildman–Crippen LogP) is 26.0. The van der Waals surface area contributed by atoms with Crippen molar-refractivity contribution in [2.24, 2.45) is 0 Å². The standard InChI is InChI=1S/C22H21NS.C21H16F3NO.C21H19NS.C20H17NS/c1-14-5-9-21-19(11-14)20-13-18(8-10-22(20)24-21)23(4)17-7-6-15(2)16(3)12-17;1-13-3-9-19-17(11-13)18-12-16(8-10-20(18)26-19)25(2)15-6-4-14(5-7-15)21(22,23)24;1-14-4-7-16(8-5-14)22(3)17-9-11-21-19(13-17)18-12-15(2)6-10-20(18)23-21;1-14-8-10-19-17(12-14)18-13-16(9-11-20(18)22-19)21(2)15-6-4-3-5-7-15/h5-13H,1-4H3;3-12H,1-2H3;4-13H,1-3H3;3-13H,1-2H3. The van der Waals surface area contributed by atoms with E-state index >= 15 is 0 Å². The highest BCUT2D eigenvalue weighted by Crippen LogP contribution is 2.42. The number of hydrogen-bond acceptors (Lipinski definition) is 8. The van der Waals surface area contributed by atoms with Crippen LogP contribution in [0.25, 0.3) is 82.5 Å². The number of halogens is 3. The minimum atomic E-state index is -4.33. The minimum absolute atomic E-state index is 0.651. The Morgan fingerprint density at radius 2 is 0.547 bits per heavy atom. The van der Waals surface area contributed by atoms with Crippen LogP contribution in [0.1, 0.15) is 44.5 Å². The number of furan rings is 1. The Morgan fingerprint density at radius 3 is 0.968 bits per heavy atom. The number of para-hydroxylation sites is 1. The molecule has 0 aliphatic carbocycles. The van der Waals surface area contributed by atoms with Crippen LogP contribution in [0.4, 0.5) is 58.7 Å². The van der Waals surface area contributed by atoms with E-state index in [1.165, 1.54) is 140 Å². The van der Waals surface area contributed by atoms with Crippen molar-refractivity contribution in [1.29, 1.82) is 0 Å². The molecule has 95 heavy (non-hydrogen) atoms. The van der Waals surface area contributed by atoms with Gasteiger partial charge in [0.2, 0.25) is 0 Å². The van der Waals surface area contributed by atoms with Crippen molar-refractivity contribution >= 4 is 162 Å². The van der Waals surface area contributed by atoms with Crippen LogP contribution < -0.4 is 19.6 Å². The molecule has 4 heterocycles. The highest BCUT2D eigenvalue weighted by Gasteiger charge is 2.30. The Kier molecular flexibility index (Phi) is 17.8. The molecule has 0 N–H and O–H groups in total. The van der Waals surface area contributed by atoms with Gasteiger partial charge in [0, 0.05) is 145 Å². The second-order valence-electron chi connectivity index (χ2n) is 24.8. The molecule has 16 rings (SSSR count). The van der Waals surface area contributed by atoms with E-state index in [4.69, 9.17) is 4.42 Å². The third-order valence-corrected chi connectivity index (χ3v) is 21.5. The van der Waals surface area contributed by atoms with Crippen LogP contribution in [0, 0.1) is 48.5 Å². The maximum atomic E-state index is 12.7. The van der Waals surface area contributed by atoms with Gasteiger partial charge in [0.25, 0.3) is 0 Å². The third kappa shape index (κ3) is 13.5. The van der Waals surface area contributed by atoms with Gasteiger partial charge < -0.3 is 24.0 Å². The third-order valence-electron chi connectivity index (χ3n) is 18.0. The number of fused-ring (bicyclic) bond motifs is 12. The summed E-state index contributed by atoms with van der Waals surface area (Å²) in [5.41, 5.74) is 18.9. The van der Waals surface area contributed by atoms with Crippen LogP contribution in [0.3, 0.4) is 0 Å². The molecule has 12 aromatic carbocycles. The first-order chi connectivity index (χ1) is 45.7. The lowest BCUT2D eigenvalue weighted by molar-refractivity contribution is -0.137. The number of nitrogens with zero attached hydrogens (tertiary/aromatic N) is 4. The average Bonchev–Trinajstić information content (AvgIpc) is 1.67. The molecule has 0 bridgehead atoms. The lowest BCUT2D eigenvalue weighted by Crippen LogP contribution is -2.10. The monoisotopic (exact) mass is 1310 g/mol. The fraction of sp³-hybridized carbons (Fsp3) is 0.143. The number of thiophene rings is 3. The molecule has 0 fully saturated rings. The highest BCUT2D eigenvalue weighted by atomic mass is 32.1. The summed E-state index contributed by atoms with van der Waals surface area (Å²) in [6.07, 6.45) is -4.33. The zero-order chi connectivity index (χ0) is 66.4. The number of rotatable bonds is 8. The van der Waals surface area contributed by atoms with E-state index in [2.05, 4.69) is 265 Å². The van der Waals surface area contributed by atoms with E-state index in [-0.39, 0.29) is 0 Å². The Labute approximate surface area is 565 Å². The van der Waals surface area contributed by atoms with Gasteiger partial charge in [-0.2, -0.15) is 13.2 Å². The summed E-state index contributed by atoms with van der Waals surface area (Å²) in [6, 6.07) is 83.3. The summed E-state index contributed by atoms with van der Waals surface area (Å²) in [5, 5.41) is 10.2. The van der Waals surface area contributed by atoms with Gasteiger partial charge in [0.05, 0.1) is 5.56 Å². The lowest BCUT2D eigenvalue weighted by Gasteiger charge is -2.20. The van der Waals surface area contributed by atoms with Crippen molar-refractivity contribution in [3.05, 3.63) is 287 Å². The van der Waals surface area contributed by atoms with Crippen molar-refractivity contribution < 1.29 is 17.6 Å². The van der Waals surface area contributed by atoms with Crippen LogP contribution in [-0.4, -0.2) is 28.2 Å². The van der Waals surface area contributed by atoms with Gasteiger partial charge >= 0.3 is 6.18 Å². The van der Waals surface area contributed by atoms with Crippen LogP contribution in [0.2, 0.25) is 0 Å². The number of benzene rings is 12. The second-order valence-corrected chi connectivity index (χ2v) is 28.1. The van der Waals surface area contributed by atoms with Gasteiger partial charge in [-0.1, -0.05) is 88.5 Å². The number of anilines is 8. The molecule has 0 radical (unpaired) electrons. The number of alkyl halides is 3. The molecular weight excluding hydrogens is 1230 g/mol. The van der Waals surface area contributed by atoms with Gasteiger partial charge in [-0.15, -0.1) is 34.0 Å². The molecule has 0 unspecified atom stereocenters. The first-order valence-corrected chi connectivity index (χ1v) is 34.2. The molecule has 474 valence electrons. The van der Waals surface area contributed by atoms with Crippen LogP contribution in [0.5, 0.6) is 0 Å². The van der Waals surface area contributed by atoms with Crippen molar-refractivity contribution in [2.75, 3.05) is 47.8 Å². The normalized spacial score (nSPS) is 11.5. The molecule has 0 saturated heterocycles. The van der Waals surface area contributed by atoms with E-state index < -0.39 is 11.7 Å². The fourth-order valence-corrected chi connectivity index (χ4v) is 15.4. The van der Waals surface area contributed by atoms with Crippen molar-refractivity contribution in [2.45, 2.75) is 54.6 Å². The topological polar surface area (TPSA) is 26.1 Å². The number of aryl methyl sites for hydroxylation is 7. The predicted molar refractivity (Wildman–Crippen MR) is 408 cm³/mol. The molecule has 0 atom stereocenters. The first-order valence-electron chi connectivity index (χ1n) is 31.7. The van der Waals surface area contributed by atoms with Gasteiger partial charge in [-0.3, -0.25) is 0 Å². The quantitative estimate of drug-likeness (QED) is 0.151. The number of hydrogen-bond donors (Lipinski definition) is 0. The summed E-state index contributed by atoms with van der Waals surface area (Å²) in [4.78, 5) is 8.61. The lowest BCUT2D eigenvalue weighted by atomic mass is 10.1. The zero-order valence-electron chi connectivity index (χ0n) is 55.1. The van der Waals surface area contributed by atoms with Crippen LogP contribution >= 0.6 is 34.0 Å². The first kappa shape index (κ1) is 63.8. The minimum Gasteiger partial charge on any atom is -0.456 e. The molecule has 0 spiro atoms. The maximum Gasteiger partial charge on any atom is 0.416 e. The fourth-order valence-electron chi connectivity index (χ4n) is 12.2. The summed E-state index contributed by atoms with van der Waals surface area (Å²) >= 11 is 5.61. The summed E-state index contributed by atoms with van der Waals surface area (Å²) in [6.45, 7) is 14.9. The Bertz CT molecular complexity index is 5470. The van der Waals surface area contributed by atoms with E-state index in [0.29, 0.717) is 5.69 Å². The smallest absolute Gasteiger partial charge is 0.416 e. The molecule has 11 heteroatoms. The summed E-state index contributed by atoms with van der Waals surface area (Å²) in [5.74, 6) is 0. The van der Waals surface area contributed by atoms with Crippen molar-refractivity contribution in [1.82, 2.24) is 0 Å². The van der Waals surface area contributed by atoms with Crippen LogP contribution in [0.15, 0.2) is 247 Å². The molecule has 4 aromatic heterocycles. The van der Waals surface area contributed by atoms with Gasteiger partial charge in [0.15, 0.2) is 0 Å². The van der Waals surface area contributed by atoms with Crippen molar-refractivity contribution in [3.63, 3.8) is 0 Å². The highest BCUT2D eigenvalue weighted by molar-refractivity contribution is 7.26. The maximum absolute atomic E-state index is 12.7. The van der Waals surface area contributed by atoms with E-state index in [1.54, 1.807) is 0 Å². The molecule has 0 amide bonds.